The van der Waals surface area contributed by atoms with E-state index >= 15 is 0 Å². The highest BCUT2D eigenvalue weighted by molar-refractivity contribution is 9.11. The van der Waals surface area contributed by atoms with Crippen LogP contribution in [-0.4, -0.2) is 31.3 Å². The summed E-state index contributed by atoms with van der Waals surface area (Å²) in [6.07, 6.45) is 4.03. The van der Waals surface area contributed by atoms with Crippen LogP contribution in [0.25, 0.3) is 12.2 Å². The summed E-state index contributed by atoms with van der Waals surface area (Å²) in [5, 5.41) is 0.397. The first-order chi connectivity index (χ1) is 11.4. The van der Waals surface area contributed by atoms with Gasteiger partial charge in [-0.1, -0.05) is 30.4 Å². The van der Waals surface area contributed by atoms with Gasteiger partial charge in [-0.05, 0) is 67.8 Å². The van der Waals surface area contributed by atoms with Crippen LogP contribution in [0.3, 0.4) is 0 Å². The van der Waals surface area contributed by atoms with Gasteiger partial charge < -0.3 is 14.4 Å². The van der Waals surface area contributed by atoms with Gasteiger partial charge in [-0.15, -0.1) is 0 Å². The third-order valence-electron chi connectivity index (χ3n) is 3.17. The van der Waals surface area contributed by atoms with Crippen molar-refractivity contribution < 1.29 is 9.47 Å². The summed E-state index contributed by atoms with van der Waals surface area (Å²) in [6, 6.07) is 11.8. The van der Waals surface area contributed by atoms with Gasteiger partial charge in [-0.25, -0.2) is 0 Å². The van der Waals surface area contributed by atoms with E-state index in [-0.39, 0.29) is 0 Å². The smallest absolute Gasteiger partial charge is 0.264 e. The Balaban J connectivity index is 2.27. The van der Waals surface area contributed by atoms with E-state index in [1.165, 1.54) is 0 Å². The molecule has 0 saturated carbocycles. The average molecular weight is 471 g/mol. The first-order valence-corrected chi connectivity index (χ1v) is 9.11. The van der Waals surface area contributed by atoms with E-state index in [9.17, 15) is 0 Å². The summed E-state index contributed by atoms with van der Waals surface area (Å²) in [7, 11) is 5.35. The summed E-state index contributed by atoms with van der Waals surface area (Å²) < 4.78 is 12.7. The fourth-order valence-corrected chi connectivity index (χ4v) is 3.41. The number of rotatable bonds is 4. The van der Waals surface area contributed by atoms with Crippen LogP contribution in [0.4, 0.5) is 0 Å². The van der Waals surface area contributed by atoms with E-state index < -0.39 is 0 Å². The predicted octanol–water partition coefficient (Wildman–Crippen LogP) is 5.62. The number of methoxy groups -OCH3 is 1. The Hall–Kier alpha value is -1.37. The molecule has 0 N–H and O–H groups in total. The topological polar surface area (TPSA) is 21.7 Å². The predicted molar refractivity (Wildman–Crippen MR) is 111 cm³/mol. The number of thiocarbonyl (C=S) groups is 1. The molecule has 6 heteroatoms. The Kier molecular flexibility index (Phi) is 6.83. The minimum Gasteiger partial charge on any atom is -0.496 e. The van der Waals surface area contributed by atoms with E-state index in [0.717, 1.165) is 25.8 Å². The quantitative estimate of drug-likeness (QED) is 0.427. The van der Waals surface area contributed by atoms with E-state index in [1.54, 1.807) is 12.0 Å². The summed E-state index contributed by atoms with van der Waals surface area (Å²) in [5.41, 5.74) is 2.03. The van der Waals surface area contributed by atoms with Crippen molar-refractivity contribution in [3.63, 3.8) is 0 Å². The zero-order valence-electron chi connectivity index (χ0n) is 13.5. The van der Waals surface area contributed by atoms with Crippen LogP contribution < -0.4 is 9.47 Å². The van der Waals surface area contributed by atoms with E-state index in [1.807, 2.05) is 62.6 Å². The molecule has 3 nitrogen and oxygen atoms in total. The first-order valence-electron chi connectivity index (χ1n) is 7.11. The Morgan fingerprint density at radius 2 is 1.71 bits per heavy atom. The molecule has 0 aliphatic rings. The summed E-state index contributed by atoms with van der Waals surface area (Å²) in [5.74, 6) is 1.49. The van der Waals surface area contributed by atoms with Crippen molar-refractivity contribution in [3.05, 3.63) is 56.5 Å². The Labute approximate surface area is 164 Å². The van der Waals surface area contributed by atoms with Crippen molar-refractivity contribution >= 4 is 61.4 Å². The lowest BCUT2D eigenvalue weighted by Gasteiger charge is -2.16. The van der Waals surface area contributed by atoms with Gasteiger partial charge in [0, 0.05) is 19.7 Å². The van der Waals surface area contributed by atoms with Gasteiger partial charge in [0.25, 0.3) is 5.17 Å². The molecule has 0 aliphatic carbocycles. The molecule has 0 unspecified atom stereocenters. The van der Waals surface area contributed by atoms with Crippen LogP contribution in [0.15, 0.2) is 45.3 Å². The maximum atomic E-state index is 5.71. The molecule has 2 rings (SSSR count). The molecule has 2 aromatic carbocycles. The lowest BCUT2D eigenvalue weighted by molar-refractivity contribution is 0.414. The second-order valence-corrected chi connectivity index (χ2v) is 7.21. The van der Waals surface area contributed by atoms with Crippen molar-refractivity contribution in [1.82, 2.24) is 4.90 Å². The van der Waals surface area contributed by atoms with Crippen LogP contribution >= 0.6 is 44.1 Å². The summed E-state index contributed by atoms with van der Waals surface area (Å²) in [6.45, 7) is 0. The van der Waals surface area contributed by atoms with Crippen molar-refractivity contribution in [2.75, 3.05) is 21.2 Å². The van der Waals surface area contributed by atoms with Gasteiger partial charge in [0.15, 0.2) is 5.75 Å². The van der Waals surface area contributed by atoms with Gasteiger partial charge in [0.05, 0.1) is 16.1 Å². The maximum absolute atomic E-state index is 5.71. The van der Waals surface area contributed by atoms with Crippen LogP contribution in [0.5, 0.6) is 11.5 Å². The first kappa shape index (κ1) is 19.0. The molecule has 0 fully saturated rings. The molecule has 0 aliphatic heterocycles. The third-order valence-corrected chi connectivity index (χ3v) is 4.80. The van der Waals surface area contributed by atoms with Crippen molar-refractivity contribution in [2.24, 2.45) is 0 Å². The van der Waals surface area contributed by atoms with Gasteiger partial charge in [0.2, 0.25) is 0 Å². The highest BCUT2D eigenvalue weighted by Gasteiger charge is 2.12. The molecule has 24 heavy (non-hydrogen) atoms. The number of nitrogens with zero attached hydrogens (tertiary/aromatic N) is 1. The lowest BCUT2D eigenvalue weighted by atomic mass is 10.1. The molecule has 0 aromatic heterocycles. The number of benzene rings is 2. The average Bonchev–Trinajstić information content (AvgIpc) is 2.56. The standard InChI is InChI=1S/C18H17Br2NO2S/c1-21(2)18(24)23-17-14(19)10-12(11-15(17)20)8-9-13-6-4-5-7-16(13)22-3/h4-11H,1-3H3/b9-8-. The van der Waals surface area contributed by atoms with E-state index in [0.29, 0.717) is 10.9 Å². The lowest BCUT2D eigenvalue weighted by Crippen LogP contribution is -2.25. The molecule has 0 radical (unpaired) electrons. The largest absolute Gasteiger partial charge is 0.496 e. The molecule has 0 bridgehead atoms. The number of hydrogen-bond acceptors (Lipinski definition) is 3. The summed E-state index contributed by atoms with van der Waals surface area (Å²) in [4.78, 5) is 1.74. The molecular formula is C18H17Br2NO2S. The molecule has 0 spiro atoms. The summed E-state index contributed by atoms with van der Waals surface area (Å²) >= 11 is 12.3. The fourth-order valence-electron chi connectivity index (χ4n) is 1.94. The van der Waals surface area contributed by atoms with Gasteiger partial charge in [-0.3, -0.25) is 0 Å². The normalized spacial score (nSPS) is 10.7. The maximum Gasteiger partial charge on any atom is 0.264 e. The minimum atomic E-state index is 0.397. The van der Waals surface area contributed by atoms with Gasteiger partial charge >= 0.3 is 0 Å². The van der Waals surface area contributed by atoms with Gasteiger partial charge in [-0.2, -0.15) is 0 Å². The van der Waals surface area contributed by atoms with Crippen molar-refractivity contribution in [2.45, 2.75) is 0 Å². The third kappa shape index (κ3) is 4.82. The van der Waals surface area contributed by atoms with E-state index in [4.69, 9.17) is 21.7 Å². The van der Waals surface area contributed by atoms with Crippen molar-refractivity contribution in [1.29, 1.82) is 0 Å². The molecule has 0 amide bonds. The Bertz CT molecular complexity index is 752. The highest BCUT2D eigenvalue weighted by atomic mass is 79.9. The second kappa shape index (κ2) is 8.65. The molecule has 0 atom stereocenters. The molecular weight excluding hydrogens is 454 g/mol. The fraction of sp³-hybridized carbons (Fsp3) is 0.167. The minimum absolute atomic E-state index is 0.397. The van der Waals surface area contributed by atoms with Crippen LogP contribution in [0, 0.1) is 0 Å². The monoisotopic (exact) mass is 469 g/mol. The van der Waals surface area contributed by atoms with Crippen LogP contribution in [0.2, 0.25) is 0 Å². The van der Waals surface area contributed by atoms with Gasteiger partial charge in [0.1, 0.15) is 5.75 Å². The molecule has 2 aromatic rings. The van der Waals surface area contributed by atoms with Crippen LogP contribution in [-0.2, 0) is 0 Å². The SMILES string of the molecule is COc1ccccc1/C=C\c1cc(Br)c(OC(=S)N(C)C)c(Br)c1. The second-order valence-electron chi connectivity index (χ2n) is 5.15. The molecule has 0 saturated heterocycles. The van der Waals surface area contributed by atoms with E-state index in [2.05, 4.69) is 31.9 Å². The Morgan fingerprint density at radius 1 is 1.08 bits per heavy atom. The molecule has 126 valence electrons. The molecule has 0 heterocycles. The number of ether oxygens (including phenoxy) is 2. The number of halogens is 2. The van der Waals surface area contributed by atoms with Crippen molar-refractivity contribution in [3.8, 4) is 11.5 Å². The zero-order chi connectivity index (χ0) is 17.7. The highest BCUT2D eigenvalue weighted by Crippen LogP contribution is 2.35. The Morgan fingerprint density at radius 3 is 2.29 bits per heavy atom. The number of hydrogen-bond donors (Lipinski definition) is 0. The zero-order valence-corrected chi connectivity index (χ0v) is 17.5. The number of para-hydroxylation sites is 1. The van der Waals surface area contributed by atoms with Crippen LogP contribution in [0.1, 0.15) is 11.1 Å².